The van der Waals surface area contributed by atoms with Crippen molar-refractivity contribution >= 4 is 5.69 Å². The number of nitrogens with zero attached hydrogens (tertiary/aromatic N) is 4. The molecule has 1 aromatic heterocycles. The van der Waals surface area contributed by atoms with Gasteiger partial charge in [0.05, 0.1) is 11.4 Å². The summed E-state index contributed by atoms with van der Waals surface area (Å²) in [7, 11) is 0. The van der Waals surface area contributed by atoms with E-state index in [1.54, 1.807) is 12.1 Å². The molecular formula is C13H18FN5. The van der Waals surface area contributed by atoms with E-state index in [-0.39, 0.29) is 11.9 Å². The smallest absolute Gasteiger partial charge is 0.146 e. The van der Waals surface area contributed by atoms with E-state index in [1.807, 2.05) is 6.92 Å². The summed E-state index contributed by atoms with van der Waals surface area (Å²) in [5.41, 5.74) is 1.20. The third-order valence-corrected chi connectivity index (χ3v) is 2.79. The van der Waals surface area contributed by atoms with E-state index in [9.17, 15) is 4.39 Å². The molecule has 1 aromatic carbocycles. The van der Waals surface area contributed by atoms with Gasteiger partial charge in [-0.3, -0.25) is 0 Å². The van der Waals surface area contributed by atoms with Crippen LogP contribution in [0, 0.1) is 11.7 Å². The number of hydrogen-bond donors (Lipinski definition) is 1. The number of rotatable bonds is 5. The summed E-state index contributed by atoms with van der Waals surface area (Å²) in [6.45, 7) is 6.33. The summed E-state index contributed by atoms with van der Waals surface area (Å²) in [5, 5.41) is 14.1. The van der Waals surface area contributed by atoms with Crippen molar-refractivity contribution in [3.8, 4) is 5.69 Å². The first-order valence-electron chi connectivity index (χ1n) is 6.35. The van der Waals surface area contributed by atoms with Gasteiger partial charge in [0.2, 0.25) is 0 Å². The number of tetrazole rings is 1. The minimum Gasteiger partial charge on any atom is -0.380 e. The molecule has 1 N–H and O–H groups in total. The maximum Gasteiger partial charge on any atom is 0.146 e. The summed E-state index contributed by atoms with van der Waals surface area (Å²) in [6.07, 6.45) is 2.46. The van der Waals surface area contributed by atoms with Crippen LogP contribution < -0.4 is 5.32 Å². The fourth-order valence-corrected chi connectivity index (χ4v) is 2.08. The lowest BCUT2D eigenvalue weighted by Gasteiger charge is -2.18. The molecule has 0 bridgehead atoms. The van der Waals surface area contributed by atoms with E-state index >= 15 is 0 Å². The molecule has 2 aromatic rings. The number of anilines is 1. The van der Waals surface area contributed by atoms with Crippen LogP contribution in [0.15, 0.2) is 24.5 Å². The monoisotopic (exact) mass is 263 g/mol. The first kappa shape index (κ1) is 13.5. The van der Waals surface area contributed by atoms with Crippen molar-refractivity contribution in [1.82, 2.24) is 20.2 Å². The molecule has 0 saturated heterocycles. The van der Waals surface area contributed by atoms with Crippen molar-refractivity contribution < 1.29 is 4.39 Å². The van der Waals surface area contributed by atoms with Gasteiger partial charge < -0.3 is 5.32 Å². The Hall–Kier alpha value is -1.98. The van der Waals surface area contributed by atoms with Gasteiger partial charge in [-0.05, 0) is 47.9 Å². The van der Waals surface area contributed by atoms with Crippen molar-refractivity contribution in [2.24, 2.45) is 5.92 Å². The van der Waals surface area contributed by atoms with Gasteiger partial charge in [-0.1, -0.05) is 13.8 Å². The Kier molecular flexibility index (Phi) is 4.09. The summed E-state index contributed by atoms with van der Waals surface area (Å²) in [4.78, 5) is 0. The molecule has 0 aliphatic rings. The molecule has 6 heteroatoms. The molecule has 0 fully saturated rings. The molecule has 2 rings (SSSR count). The zero-order valence-corrected chi connectivity index (χ0v) is 11.3. The predicted molar refractivity (Wildman–Crippen MR) is 71.7 cm³/mol. The Labute approximate surface area is 111 Å². The Morgan fingerprint density at radius 3 is 2.74 bits per heavy atom. The van der Waals surface area contributed by atoms with Gasteiger partial charge in [0, 0.05) is 6.04 Å². The normalized spacial score (nSPS) is 12.7. The second-order valence-electron chi connectivity index (χ2n) is 5.09. The van der Waals surface area contributed by atoms with E-state index in [2.05, 4.69) is 34.7 Å². The van der Waals surface area contributed by atoms with Gasteiger partial charge in [-0.15, -0.1) is 5.10 Å². The predicted octanol–water partition coefficient (Wildman–Crippen LogP) is 2.65. The number of halogens is 1. The first-order chi connectivity index (χ1) is 9.06. The molecule has 0 spiro atoms. The van der Waals surface area contributed by atoms with Gasteiger partial charge in [-0.2, -0.15) is 0 Å². The highest BCUT2D eigenvalue weighted by molar-refractivity contribution is 5.52. The molecule has 1 unspecified atom stereocenters. The first-order valence-corrected chi connectivity index (χ1v) is 6.35. The average molecular weight is 263 g/mol. The lowest BCUT2D eigenvalue weighted by molar-refractivity contribution is 0.536. The van der Waals surface area contributed by atoms with Crippen LogP contribution in [0.3, 0.4) is 0 Å². The lowest BCUT2D eigenvalue weighted by atomic mass is 10.0. The standard InChI is InChI=1S/C13H18FN5/c1-9(2)6-10(3)16-13-7-11(4-5-12(13)14)19-8-15-17-18-19/h4-5,7-10,16H,6H2,1-3H3. The molecule has 19 heavy (non-hydrogen) atoms. The molecule has 0 saturated carbocycles. The van der Waals surface area contributed by atoms with Crippen LogP contribution in [-0.4, -0.2) is 26.2 Å². The molecule has 0 radical (unpaired) electrons. The van der Waals surface area contributed by atoms with Crippen molar-refractivity contribution in [3.63, 3.8) is 0 Å². The number of benzene rings is 1. The number of aromatic nitrogens is 4. The van der Waals surface area contributed by atoms with Crippen LogP contribution in [0.25, 0.3) is 5.69 Å². The van der Waals surface area contributed by atoms with Crippen LogP contribution >= 0.6 is 0 Å². The maximum atomic E-state index is 13.8. The average Bonchev–Trinajstić information content (AvgIpc) is 2.84. The Balaban J connectivity index is 2.18. The Morgan fingerprint density at radius 2 is 2.11 bits per heavy atom. The number of nitrogens with one attached hydrogen (secondary N) is 1. The third kappa shape index (κ3) is 3.49. The highest BCUT2D eigenvalue weighted by Gasteiger charge is 2.10. The Morgan fingerprint density at radius 1 is 1.32 bits per heavy atom. The third-order valence-electron chi connectivity index (χ3n) is 2.79. The summed E-state index contributed by atoms with van der Waals surface area (Å²) >= 11 is 0. The van der Waals surface area contributed by atoms with E-state index < -0.39 is 0 Å². The Bertz CT molecular complexity index is 524. The van der Waals surface area contributed by atoms with Gasteiger partial charge in [0.25, 0.3) is 0 Å². The van der Waals surface area contributed by atoms with Crippen molar-refractivity contribution in [1.29, 1.82) is 0 Å². The number of hydrogen-bond acceptors (Lipinski definition) is 4. The van der Waals surface area contributed by atoms with E-state index in [1.165, 1.54) is 17.1 Å². The molecule has 5 nitrogen and oxygen atoms in total. The van der Waals surface area contributed by atoms with Crippen LogP contribution in [0.4, 0.5) is 10.1 Å². The van der Waals surface area contributed by atoms with Gasteiger partial charge in [-0.25, -0.2) is 9.07 Å². The van der Waals surface area contributed by atoms with E-state index in [0.717, 1.165) is 12.1 Å². The zero-order chi connectivity index (χ0) is 13.8. The van der Waals surface area contributed by atoms with Gasteiger partial charge >= 0.3 is 0 Å². The second kappa shape index (κ2) is 5.77. The second-order valence-corrected chi connectivity index (χ2v) is 5.09. The highest BCUT2D eigenvalue weighted by atomic mass is 19.1. The van der Waals surface area contributed by atoms with Gasteiger partial charge in [0.1, 0.15) is 12.1 Å². The van der Waals surface area contributed by atoms with Crippen molar-refractivity contribution in [2.45, 2.75) is 33.2 Å². The summed E-state index contributed by atoms with van der Waals surface area (Å²) < 4.78 is 15.3. The van der Waals surface area contributed by atoms with Crippen molar-refractivity contribution in [3.05, 3.63) is 30.3 Å². The molecule has 0 amide bonds. The maximum absolute atomic E-state index is 13.8. The van der Waals surface area contributed by atoms with Crippen LogP contribution in [0.1, 0.15) is 27.2 Å². The van der Waals surface area contributed by atoms with Crippen LogP contribution in [0.5, 0.6) is 0 Å². The van der Waals surface area contributed by atoms with Crippen LogP contribution in [-0.2, 0) is 0 Å². The minimum atomic E-state index is -0.271. The molecule has 1 heterocycles. The van der Waals surface area contributed by atoms with E-state index in [4.69, 9.17) is 0 Å². The summed E-state index contributed by atoms with van der Waals surface area (Å²) in [6, 6.07) is 4.98. The highest BCUT2D eigenvalue weighted by Crippen LogP contribution is 2.20. The SMILES string of the molecule is CC(C)CC(C)Nc1cc(-n2cnnn2)ccc1F. The zero-order valence-electron chi connectivity index (χ0n) is 11.3. The lowest BCUT2D eigenvalue weighted by Crippen LogP contribution is -2.18. The molecule has 0 aliphatic carbocycles. The molecule has 1 atom stereocenters. The quantitative estimate of drug-likeness (QED) is 0.901. The summed E-state index contributed by atoms with van der Waals surface area (Å²) in [5.74, 6) is 0.292. The van der Waals surface area contributed by atoms with Gasteiger partial charge in [0.15, 0.2) is 0 Å². The topological polar surface area (TPSA) is 55.6 Å². The minimum absolute atomic E-state index is 0.207. The van der Waals surface area contributed by atoms with Crippen molar-refractivity contribution in [2.75, 3.05) is 5.32 Å². The fourth-order valence-electron chi connectivity index (χ4n) is 2.08. The van der Waals surface area contributed by atoms with E-state index in [0.29, 0.717) is 11.6 Å². The fraction of sp³-hybridized carbons (Fsp3) is 0.462. The molecular weight excluding hydrogens is 245 g/mol. The van der Waals surface area contributed by atoms with Crippen LogP contribution in [0.2, 0.25) is 0 Å². The largest absolute Gasteiger partial charge is 0.380 e. The molecule has 0 aliphatic heterocycles. The molecule has 102 valence electrons.